The molecule has 0 heterocycles. The van der Waals surface area contributed by atoms with Gasteiger partial charge >= 0.3 is 18.0 Å². The van der Waals surface area contributed by atoms with E-state index in [2.05, 4.69) is 17.4 Å². The quantitative estimate of drug-likeness (QED) is 0.103. The lowest BCUT2D eigenvalue weighted by Gasteiger charge is -2.19. The summed E-state index contributed by atoms with van der Waals surface area (Å²) in [5, 5.41) is 2.68. The molecule has 45 heavy (non-hydrogen) atoms. The van der Waals surface area contributed by atoms with Gasteiger partial charge in [-0.05, 0) is 58.4 Å². The van der Waals surface area contributed by atoms with Crippen LogP contribution in [0.3, 0.4) is 0 Å². The highest BCUT2D eigenvalue weighted by Crippen LogP contribution is 2.44. The van der Waals surface area contributed by atoms with Crippen LogP contribution in [0.5, 0.6) is 0 Å². The number of nitrogens with one attached hydrogen (secondary N) is 1. The zero-order chi connectivity index (χ0) is 31.6. The van der Waals surface area contributed by atoms with Crippen molar-refractivity contribution in [3.63, 3.8) is 0 Å². The summed E-state index contributed by atoms with van der Waals surface area (Å²) in [6.07, 6.45) is 1.60. The van der Waals surface area contributed by atoms with E-state index < -0.39 is 24.1 Å². The third-order valence-electron chi connectivity index (χ3n) is 7.53. The molecular weight excluding hydrogens is 590 g/mol. The van der Waals surface area contributed by atoms with Crippen molar-refractivity contribution in [1.29, 1.82) is 0 Å². The Labute approximate surface area is 266 Å². The van der Waals surface area contributed by atoms with Crippen LogP contribution in [-0.4, -0.2) is 55.1 Å². The maximum absolute atomic E-state index is 13.0. The fraction of sp³-hybridized carbons (Fsp3) is 0.222. The summed E-state index contributed by atoms with van der Waals surface area (Å²) in [6, 6.07) is 30.2. The normalized spacial score (nSPS) is 12.4. The Morgan fingerprint density at radius 1 is 0.733 bits per heavy atom. The number of rotatable bonds is 13. The number of ketones is 1. The smallest absolute Gasteiger partial charge is 0.407 e. The van der Waals surface area contributed by atoms with Gasteiger partial charge in [-0.15, -0.1) is 0 Å². The Bertz CT molecular complexity index is 1610. The van der Waals surface area contributed by atoms with Crippen molar-refractivity contribution in [2.45, 2.75) is 25.0 Å². The summed E-state index contributed by atoms with van der Waals surface area (Å²) >= 11 is 1.55. The number of hydrogen-bond donors (Lipinski definition) is 1. The molecule has 0 spiro atoms. The third-order valence-corrected chi connectivity index (χ3v) is 8.18. The van der Waals surface area contributed by atoms with Crippen LogP contribution in [0, 0.1) is 0 Å². The van der Waals surface area contributed by atoms with Gasteiger partial charge in [0, 0.05) is 11.5 Å². The molecule has 0 radical (unpaired) electrons. The Hall–Kier alpha value is -4.89. The molecule has 0 fully saturated rings. The number of fused-ring (bicyclic) bond motifs is 3. The van der Waals surface area contributed by atoms with Gasteiger partial charge < -0.3 is 19.5 Å². The topological polar surface area (TPSA) is 108 Å². The predicted molar refractivity (Wildman–Crippen MR) is 172 cm³/mol. The first-order chi connectivity index (χ1) is 21.9. The average molecular weight is 624 g/mol. The van der Waals surface area contributed by atoms with E-state index in [9.17, 15) is 19.2 Å². The molecule has 4 aromatic rings. The minimum absolute atomic E-state index is 0.0528. The molecule has 1 amide bonds. The number of thioether (sulfide) groups is 1. The van der Waals surface area contributed by atoms with E-state index in [1.165, 1.54) is 0 Å². The highest BCUT2D eigenvalue weighted by atomic mass is 32.2. The molecule has 0 bridgehead atoms. The molecule has 230 valence electrons. The van der Waals surface area contributed by atoms with Gasteiger partial charge in [0.15, 0.2) is 12.4 Å². The zero-order valence-corrected chi connectivity index (χ0v) is 25.6. The third kappa shape index (κ3) is 7.99. The van der Waals surface area contributed by atoms with Crippen LogP contribution < -0.4 is 5.32 Å². The second kappa shape index (κ2) is 15.2. The van der Waals surface area contributed by atoms with E-state index in [0.717, 1.165) is 22.3 Å². The lowest BCUT2D eigenvalue weighted by Crippen LogP contribution is -2.42. The average Bonchev–Trinajstić information content (AvgIpc) is 3.41. The van der Waals surface area contributed by atoms with Crippen molar-refractivity contribution in [2.75, 3.05) is 25.2 Å². The molecule has 1 N–H and O–H groups in total. The summed E-state index contributed by atoms with van der Waals surface area (Å²) in [6.45, 7) is -0.279. The molecule has 8 nitrogen and oxygen atoms in total. The van der Waals surface area contributed by atoms with Crippen LogP contribution in [0.4, 0.5) is 4.79 Å². The molecule has 1 aliphatic carbocycles. The second-order valence-corrected chi connectivity index (χ2v) is 11.5. The standard InChI is InChI=1S/C36H33NO7S/c1-45-20-19-32(37-36(41)44-22-31-29-13-7-5-11-27(29)28-12-6-8-14-30(28)31)35(40)42-21-24-15-17-26(18-16-24)34(39)43-23-33(38)25-9-3-2-4-10-25/h2-18,31-32H,19-23H2,1H3,(H,37,41)/t32-/m0/s1. The van der Waals surface area contributed by atoms with E-state index in [1.807, 2.05) is 42.7 Å². The lowest BCUT2D eigenvalue weighted by atomic mass is 9.98. The van der Waals surface area contributed by atoms with Crippen LogP contribution in [0.1, 0.15) is 49.7 Å². The second-order valence-electron chi connectivity index (χ2n) is 10.5. The maximum Gasteiger partial charge on any atom is 0.407 e. The molecule has 0 saturated carbocycles. The first-order valence-electron chi connectivity index (χ1n) is 14.6. The Morgan fingerprint density at radius 2 is 1.36 bits per heavy atom. The van der Waals surface area contributed by atoms with Crippen LogP contribution in [0.25, 0.3) is 11.1 Å². The first kappa shape index (κ1) is 31.5. The number of esters is 2. The molecular formula is C36H33NO7S. The molecule has 0 aromatic heterocycles. The van der Waals surface area contributed by atoms with Gasteiger partial charge in [-0.1, -0.05) is 91.0 Å². The monoisotopic (exact) mass is 623 g/mol. The van der Waals surface area contributed by atoms with Crippen molar-refractivity contribution in [2.24, 2.45) is 0 Å². The van der Waals surface area contributed by atoms with E-state index in [0.29, 0.717) is 23.3 Å². The van der Waals surface area contributed by atoms with E-state index in [-0.39, 0.29) is 37.1 Å². The molecule has 4 aromatic carbocycles. The predicted octanol–water partition coefficient (Wildman–Crippen LogP) is 6.43. The van der Waals surface area contributed by atoms with Crippen LogP contribution >= 0.6 is 11.8 Å². The lowest BCUT2D eigenvalue weighted by molar-refractivity contribution is -0.147. The van der Waals surface area contributed by atoms with E-state index in [4.69, 9.17) is 14.2 Å². The van der Waals surface area contributed by atoms with Crippen LogP contribution in [-0.2, 0) is 25.6 Å². The molecule has 5 rings (SSSR count). The molecule has 0 unspecified atom stereocenters. The van der Waals surface area contributed by atoms with Crippen molar-refractivity contribution in [3.8, 4) is 11.1 Å². The number of amides is 1. The highest BCUT2D eigenvalue weighted by molar-refractivity contribution is 7.98. The number of benzene rings is 4. The summed E-state index contributed by atoms with van der Waals surface area (Å²) in [7, 11) is 0. The van der Waals surface area contributed by atoms with Crippen molar-refractivity contribution in [1.82, 2.24) is 5.32 Å². The van der Waals surface area contributed by atoms with Gasteiger partial charge in [0.05, 0.1) is 5.56 Å². The minimum Gasteiger partial charge on any atom is -0.459 e. The SMILES string of the molecule is CSCC[C@H](NC(=O)OCC1c2ccccc2-c2ccccc21)C(=O)OCc1ccc(C(=O)OCC(=O)c2ccccc2)cc1. The maximum atomic E-state index is 13.0. The fourth-order valence-corrected chi connectivity index (χ4v) is 5.65. The first-order valence-corrected chi connectivity index (χ1v) is 16.0. The largest absolute Gasteiger partial charge is 0.459 e. The number of ether oxygens (including phenoxy) is 3. The fourth-order valence-electron chi connectivity index (χ4n) is 5.18. The summed E-state index contributed by atoms with van der Waals surface area (Å²) < 4.78 is 16.3. The van der Waals surface area contributed by atoms with Crippen molar-refractivity contribution >= 4 is 35.6 Å². The summed E-state index contributed by atoms with van der Waals surface area (Å²) in [5.74, 6) is -0.972. The number of Topliss-reactive ketones (excluding diaryl/α,β-unsaturated/α-hetero) is 1. The zero-order valence-electron chi connectivity index (χ0n) is 24.8. The number of alkyl carbamates (subject to hydrolysis) is 1. The molecule has 1 aliphatic rings. The number of hydrogen-bond acceptors (Lipinski definition) is 8. The Morgan fingerprint density at radius 3 is 2.00 bits per heavy atom. The van der Waals surface area contributed by atoms with Crippen LogP contribution in [0.15, 0.2) is 103 Å². The highest BCUT2D eigenvalue weighted by Gasteiger charge is 2.30. The van der Waals surface area contributed by atoms with Gasteiger partial charge in [0.1, 0.15) is 19.3 Å². The molecule has 9 heteroatoms. The Balaban J connectivity index is 1.11. The van der Waals surface area contributed by atoms with Gasteiger partial charge in [-0.3, -0.25) is 4.79 Å². The number of carbonyl (C=O) groups is 4. The summed E-state index contributed by atoms with van der Waals surface area (Å²) in [5.41, 5.74) is 5.84. The van der Waals surface area contributed by atoms with Crippen molar-refractivity contribution in [3.05, 3.63) is 131 Å². The molecule has 0 saturated heterocycles. The van der Waals surface area contributed by atoms with Crippen LogP contribution in [0.2, 0.25) is 0 Å². The van der Waals surface area contributed by atoms with E-state index >= 15 is 0 Å². The van der Waals surface area contributed by atoms with Gasteiger partial charge in [0.25, 0.3) is 0 Å². The van der Waals surface area contributed by atoms with Gasteiger partial charge in [-0.25, -0.2) is 14.4 Å². The minimum atomic E-state index is -0.885. The van der Waals surface area contributed by atoms with E-state index in [1.54, 1.807) is 66.4 Å². The van der Waals surface area contributed by atoms with Gasteiger partial charge in [-0.2, -0.15) is 11.8 Å². The molecule has 1 atom stereocenters. The Kier molecular flexibility index (Phi) is 10.7. The molecule has 0 aliphatic heterocycles. The van der Waals surface area contributed by atoms with Crippen molar-refractivity contribution < 1.29 is 33.4 Å². The summed E-state index contributed by atoms with van der Waals surface area (Å²) in [4.78, 5) is 50.4. The number of carbonyl (C=O) groups excluding carboxylic acids is 4. The van der Waals surface area contributed by atoms with Gasteiger partial charge in [0.2, 0.25) is 0 Å².